The van der Waals surface area contributed by atoms with Gasteiger partial charge in [0.25, 0.3) is 0 Å². The van der Waals surface area contributed by atoms with E-state index in [0.29, 0.717) is 24.3 Å². The van der Waals surface area contributed by atoms with Crippen LogP contribution >= 0.6 is 11.6 Å². The van der Waals surface area contributed by atoms with Crippen molar-refractivity contribution < 1.29 is 9.59 Å². The highest BCUT2D eigenvalue weighted by Crippen LogP contribution is 2.21. The number of amides is 2. The Labute approximate surface area is 207 Å². The quantitative estimate of drug-likeness (QED) is 0.405. The fourth-order valence-corrected chi connectivity index (χ4v) is 4.09. The lowest BCUT2D eigenvalue weighted by Crippen LogP contribution is -2.51. The van der Waals surface area contributed by atoms with Crippen molar-refractivity contribution in [1.82, 2.24) is 10.2 Å². The number of hydrogen-bond acceptors (Lipinski definition) is 2. The Bertz CT molecular complexity index is 1080. The van der Waals surface area contributed by atoms with Crippen LogP contribution in [-0.2, 0) is 29.0 Å². The number of nitrogens with one attached hydrogen (secondary N) is 1. The number of halogens is 1. The Hall–Kier alpha value is -3.11. The zero-order chi connectivity index (χ0) is 24.5. The van der Waals surface area contributed by atoms with Gasteiger partial charge in [0.1, 0.15) is 6.04 Å². The highest BCUT2D eigenvalue weighted by atomic mass is 35.5. The van der Waals surface area contributed by atoms with Crippen LogP contribution in [-0.4, -0.2) is 28.8 Å². The van der Waals surface area contributed by atoms with Crippen LogP contribution in [0.5, 0.6) is 0 Å². The molecule has 0 aliphatic rings. The van der Waals surface area contributed by atoms with Crippen LogP contribution in [0.3, 0.4) is 0 Å². The fraction of sp³-hybridized carbons (Fsp3) is 0.310. The zero-order valence-corrected chi connectivity index (χ0v) is 20.9. The summed E-state index contributed by atoms with van der Waals surface area (Å²) in [6.07, 6.45) is 1.36. The first-order valence-corrected chi connectivity index (χ1v) is 12.1. The molecule has 0 saturated heterocycles. The molecule has 1 N–H and O–H groups in total. The van der Waals surface area contributed by atoms with Crippen LogP contribution in [0.25, 0.3) is 0 Å². The summed E-state index contributed by atoms with van der Waals surface area (Å²) in [6.45, 7) is 6.17. The monoisotopic (exact) mass is 476 g/mol. The first kappa shape index (κ1) is 25.5. The van der Waals surface area contributed by atoms with Gasteiger partial charge in [-0.15, -0.1) is 0 Å². The van der Waals surface area contributed by atoms with E-state index in [2.05, 4.69) is 17.4 Å². The SMILES string of the molecule is Cc1ccc(CCC(=O)N(Cc2ccccc2Cl)C(Cc2ccccc2)C(=O)NC(C)C)cc1. The van der Waals surface area contributed by atoms with Crippen LogP contribution < -0.4 is 5.32 Å². The van der Waals surface area contributed by atoms with E-state index in [4.69, 9.17) is 11.6 Å². The van der Waals surface area contributed by atoms with Crippen LogP contribution in [0, 0.1) is 6.92 Å². The number of benzene rings is 3. The van der Waals surface area contributed by atoms with Gasteiger partial charge in [-0.3, -0.25) is 9.59 Å². The van der Waals surface area contributed by atoms with Crippen molar-refractivity contribution >= 4 is 23.4 Å². The highest BCUT2D eigenvalue weighted by Gasteiger charge is 2.30. The molecular weight excluding hydrogens is 444 g/mol. The van der Waals surface area contributed by atoms with Crippen LogP contribution in [0.2, 0.25) is 5.02 Å². The van der Waals surface area contributed by atoms with E-state index in [1.807, 2.05) is 87.5 Å². The molecule has 1 atom stereocenters. The first-order valence-electron chi connectivity index (χ1n) is 11.8. The Morgan fingerprint density at radius 1 is 0.882 bits per heavy atom. The number of hydrogen-bond donors (Lipinski definition) is 1. The molecule has 0 aliphatic carbocycles. The number of rotatable bonds is 10. The van der Waals surface area contributed by atoms with E-state index >= 15 is 0 Å². The van der Waals surface area contributed by atoms with Crippen LogP contribution in [0.15, 0.2) is 78.9 Å². The highest BCUT2D eigenvalue weighted by molar-refractivity contribution is 6.31. The summed E-state index contributed by atoms with van der Waals surface area (Å²) in [5.74, 6) is -0.227. The lowest BCUT2D eigenvalue weighted by atomic mass is 10.0. The van der Waals surface area contributed by atoms with Crippen molar-refractivity contribution in [3.05, 3.63) is 106 Å². The molecule has 3 rings (SSSR count). The average molecular weight is 477 g/mol. The van der Waals surface area contributed by atoms with Crippen LogP contribution in [0.4, 0.5) is 0 Å². The molecule has 0 spiro atoms. The van der Waals surface area contributed by atoms with Gasteiger partial charge >= 0.3 is 0 Å². The Morgan fingerprint density at radius 3 is 2.18 bits per heavy atom. The minimum atomic E-state index is -0.647. The summed E-state index contributed by atoms with van der Waals surface area (Å²) in [6, 6.07) is 24.8. The van der Waals surface area contributed by atoms with E-state index in [0.717, 1.165) is 16.7 Å². The van der Waals surface area contributed by atoms with E-state index in [1.54, 1.807) is 4.90 Å². The summed E-state index contributed by atoms with van der Waals surface area (Å²) in [5.41, 5.74) is 4.11. The van der Waals surface area contributed by atoms with Gasteiger partial charge in [0, 0.05) is 30.5 Å². The van der Waals surface area contributed by atoms with E-state index in [-0.39, 0.29) is 24.4 Å². The molecule has 0 aliphatic heterocycles. The molecule has 0 saturated carbocycles. The van der Waals surface area contributed by atoms with Gasteiger partial charge in [0.15, 0.2) is 0 Å². The van der Waals surface area contributed by atoms with Gasteiger partial charge in [-0.25, -0.2) is 0 Å². The molecule has 1 unspecified atom stereocenters. The van der Waals surface area contributed by atoms with E-state index < -0.39 is 6.04 Å². The van der Waals surface area contributed by atoms with Crippen molar-refractivity contribution in [3.63, 3.8) is 0 Å². The maximum Gasteiger partial charge on any atom is 0.243 e. The minimum absolute atomic E-state index is 0.0319. The molecule has 3 aromatic rings. The van der Waals surface area contributed by atoms with Gasteiger partial charge in [-0.1, -0.05) is 90.0 Å². The Balaban J connectivity index is 1.91. The summed E-state index contributed by atoms with van der Waals surface area (Å²) >= 11 is 6.45. The average Bonchev–Trinajstić information content (AvgIpc) is 2.82. The second-order valence-electron chi connectivity index (χ2n) is 8.97. The Kier molecular flexibility index (Phi) is 9.29. The van der Waals surface area contributed by atoms with Crippen molar-refractivity contribution in [2.45, 2.75) is 58.7 Å². The van der Waals surface area contributed by atoms with E-state index in [1.165, 1.54) is 5.56 Å². The molecule has 34 heavy (non-hydrogen) atoms. The van der Waals surface area contributed by atoms with Gasteiger partial charge in [-0.05, 0) is 49.9 Å². The molecule has 0 radical (unpaired) electrons. The zero-order valence-electron chi connectivity index (χ0n) is 20.1. The third-order valence-electron chi connectivity index (χ3n) is 5.75. The molecule has 0 aromatic heterocycles. The smallest absolute Gasteiger partial charge is 0.243 e. The molecule has 0 bridgehead atoms. The number of nitrogens with zero attached hydrogens (tertiary/aromatic N) is 1. The van der Waals surface area contributed by atoms with Gasteiger partial charge in [0.2, 0.25) is 11.8 Å². The maximum atomic E-state index is 13.6. The molecule has 178 valence electrons. The van der Waals surface area contributed by atoms with Gasteiger partial charge in [-0.2, -0.15) is 0 Å². The standard InChI is InChI=1S/C29H33ClN2O2/c1-21(2)31-29(34)27(19-24-9-5-4-6-10-24)32(20-25-11-7-8-12-26(25)30)28(33)18-17-23-15-13-22(3)14-16-23/h4-16,21,27H,17-20H2,1-3H3,(H,31,34). The predicted octanol–water partition coefficient (Wildman–Crippen LogP) is 5.75. The molecular formula is C29H33ClN2O2. The van der Waals surface area contributed by atoms with Gasteiger partial charge < -0.3 is 10.2 Å². The lowest BCUT2D eigenvalue weighted by molar-refractivity contribution is -0.141. The third-order valence-corrected chi connectivity index (χ3v) is 6.12. The predicted molar refractivity (Wildman–Crippen MR) is 139 cm³/mol. The third kappa shape index (κ3) is 7.46. The molecule has 0 fully saturated rings. The maximum absolute atomic E-state index is 13.6. The second kappa shape index (κ2) is 12.4. The molecule has 3 aromatic carbocycles. The number of aryl methyl sites for hydroxylation is 2. The van der Waals surface area contributed by atoms with Crippen LogP contribution in [0.1, 0.15) is 42.5 Å². The van der Waals surface area contributed by atoms with Crippen molar-refractivity contribution in [1.29, 1.82) is 0 Å². The number of carbonyl (C=O) groups excluding carboxylic acids is 2. The summed E-state index contributed by atoms with van der Waals surface area (Å²) < 4.78 is 0. The molecule has 2 amide bonds. The van der Waals surface area contributed by atoms with Gasteiger partial charge in [0.05, 0.1) is 0 Å². The minimum Gasteiger partial charge on any atom is -0.352 e. The van der Waals surface area contributed by atoms with Crippen molar-refractivity contribution in [3.8, 4) is 0 Å². The largest absolute Gasteiger partial charge is 0.352 e. The normalized spacial score (nSPS) is 11.8. The lowest BCUT2D eigenvalue weighted by Gasteiger charge is -2.32. The molecule has 0 heterocycles. The molecule has 5 heteroatoms. The van der Waals surface area contributed by atoms with Crippen molar-refractivity contribution in [2.24, 2.45) is 0 Å². The van der Waals surface area contributed by atoms with Crippen molar-refractivity contribution in [2.75, 3.05) is 0 Å². The fourth-order valence-electron chi connectivity index (χ4n) is 3.89. The second-order valence-corrected chi connectivity index (χ2v) is 9.37. The summed E-state index contributed by atoms with van der Waals surface area (Å²) in [4.78, 5) is 28.7. The molecule has 4 nitrogen and oxygen atoms in total. The Morgan fingerprint density at radius 2 is 1.53 bits per heavy atom. The van der Waals surface area contributed by atoms with E-state index in [9.17, 15) is 9.59 Å². The first-order chi connectivity index (χ1) is 16.3. The summed E-state index contributed by atoms with van der Waals surface area (Å²) in [5, 5.41) is 3.60. The number of carbonyl (C=O) groups is 2. The summed E-state index contributed by atoms with van der Waals surface area (Å²) in [7, 11) is 0. The topological polar surface area (TPSA) is 49.4 Å².